The second-order valence-electron chi connectivity index (χ2n) is 8.65. The van der Waals surface area contributed by atoms with Crippen molar-refractivity contribution in [3.63, 3.8) is 0 Å². The summed E-state index contributed by atoms with van der Waals surface area (Å²) in [6.07, 6.45) is 4.50. The molecule has 1 amide bonds. The van der Waals surface area contributed by atoms with E-state index in [0.717, 1.165) is 18.8 Å². The molecule has 192 valence electrons. The highest BCUT2D eigenvalue weighted by molar-refractivity contribution is 6.02. The molecule has 37 heavy (non-hydrogen) atoms. The molecule has 4 aromatic rings. The fourth-order valence-electron chi connectivity index (χ4n) is 3.73. The van der Waals surface area contributed by atoms with Gasteiger partial charge in [-0.05, 0) is 38.4 Å². The molecule has 0 bridgehead atoms. The third-order valence-electron chi connectivity index (χ3n) is 5.69. The molecule has 0 aliphatic rings. The molecule has 0 saturated heterocycles. The minimum absolute atomic E-state index is 0.331. The number of methoxy groups -OCH3 is 1. The Balaban J connectivity index is 1.72. The average molecular weight is 505 g/mol. The number of hydrogen-bond acceptors (Lipinski definition) is 8. The van der Waals surface area contributed by atoms with Gasteiger partial charge in [-0.3, -0.25) is 9.20 Å². The average Bonchev–Trinajstić information content (AvgIpc) is 3.30. The largest absolute Gasteiger partial charge is 0.494 e. The maximum absolute atomic E-state index is 13.8. The molecule has 0 fully saturated rings. The van der Waals surface area contributed by atoms with E-state index in [1.165, 1.54) is 18.2 Å². The van der Waals surface area contributed by atoms with Gasteiger partial charge in [0.2, 0.25) is 5.91 Å². The monoisotopic (exact) mass is 504 g/mol. The molecular formula is C26H29FN8O2. The Morgan fingerprint density at radius 1 is 1.16 bits per heavy atom. The van der Waals surface area contributed by atoms with Crippen LogP contribution in [0, 0.1) is 5.82 Å². The third kappa shape index (κ3) is 5.84. The van der Waals surface area contributed by atoms with Gasteiger partial charge >= 0.3 is 0 Å². The number of ether oxygens (including phenoxy) is 1. The number of carbonyl (C=O) groups excluding carboxylic acids is 1. The lowest BCUT2D eigenvalue weighted by molar-refractivity contribution is -0.111. The smallest absolute Gasteiger partial charge is 0.247 e. The van der Waals surface area contributed by atoms with Gasteiger partial charge in [-0.25, -0.2) is 9.37 Å². The van der Waals surface area contributed by atoms with Gasteiger partial charge < -0.3 is 25.2 Å². The third-order valence-corrected chi connectivity index (χ3v) is 5.69. The summed E-state index contributed by atoms with van der Waals surface area (Å²) in [4.78, 5) is 20.7. The van der Waals surface area contributed by atoms with Crippen LogP contribution in [0.4, 0.5) is 27.3 Å². The summed E-state index contributed by atoms with van der Waals surface area (Å²) in [5, 5.41) is 14.5. The van der Waals surface area contributed by atoms with Crippen LogP contribution in [0.2, 0.25) is 0 Å². The van der Waals surface area contributed by atoms with E-state index in [2.05, 4.69) is 37.3 Å². The van der Waals surface area contributed by atoms with Crippen LogP contribution in [0.5, 0.6) is 5.75 Å². The number of rotatable bonds is 10. The molecule has 0 aliphatic heterocycles. The normalized spacial score (nSPS) is 11.0. The van der Waals surface area contributed by atoms with Crippen LogP contribution in [0.1, 0.15) is 0 Å². The van der Waals surface area contributed by atoms with E-state index in [-0.39, 0.29) is 11.7 Å². The van der Waals surface area contributed by atoms with Crippen molar-refractivity contribution in [2.24, 2.45) is 0 Å². The number of anilines is 4. The minimum Gasteiger partial charge on any atom is -0.494 e. The fraction of sp³-hybridized carbons (Fsp3) is 0.231. The summed E-state index contributed by atoms with van der Waals surface area (Å²) in [7, 11) is 7.53. The van der Waals surface area contributed by atoms with Crippen molar-refractivity contribution in [2.75, 3.05) is 56.9 Å². The Morgan fingerprint density at radius 2 is 1.97 bits per heavy atom. The standard InChI is InChI=1S/C26H29FN8O2/c1-6-25(36)30-19-13-20(22(37-5)14-21(19)34(4)11-10-33(2)3)29-23-16-35-24(15-28-23)31-32-26(35)17-8-7-9-18(27)12-17/h6-9,12-16,29H,1,10-11H2,2-5H3,(H,30,36). The number of carbonyl (C=O) groups is 1. The predicted octanol–water partition coefficient (Wildman–Crippen LogP) is 3.80. The van der Waals surface area contributed by atoms with Crippen LogP contribution in [0.3, 0.4) is 0 Å². The molecule has 2 heterocycles. The maximum atomic E-state index is 13.8. The lowest BCUT2D eigenvalue weighted by Crippen LogP contribution is -2.29. The van der Waals surface area contributed by atoms with Gasteiger partial charge in [-0.1, -0.05) is 18.7 Å². The van der Waals surface area contributed by atoms with E-state index in [4.69, 9.17) is 4.74 Å². The number of amides is 1. The summed E-state index contributed by atoms with van der Waals surface area (Å²) in [6.45, 7) is 5.11. The van der Waals surface area contributed by atoms with Gasteiger partial charge in [0.1, 0.15) is 17.4 Å². The predicted molar refractivity (Wildman–Crippen MR) is 143 cm³/mol. The number of hydrogen-bond donors (Lipinski definition) is 2. The second-order valence-corrected chi connectivity index (χ2v) is 8.65. The van der Waals surface area contributed by atoms with Crippen LogP contribution in [0.15, 0.2) is 61.4 Å². The highest BCUT2D eigenvalue weighted by atomic mass is 19.1. The Labute approximate surface area is 214 Å². The van der Waals surface area contributed by atoms with Crippen LogP contribution in [0.25, 0.3) is 17.0 Å². The Kier molecular flexibility index (Phi) is 7.63. The maximum Gasteiger partial charge on any atom is 0.247 e. The SMILES string of the molecule is C=CC(=O)Nc1cc(Nc2cn3c(-c4cccc(F)c4)nnc3cn2)c(OC)cc1N(C)CCN(C)C. The van der Waals surface area contributed by atoms with Gasteiger partial charge in [0.15, 0.2) is 11.5 Å². The van der Waals surface area contributed by atoms with Crippen molar-refractivity contribution in [1.82, 2.24) is 24.5 Å². The zero-order valence-electron chi connectivity index (χ0n) is 21.2. The molecule has 11 heteroatoms. The molecule has 0 unspecified atom stereocenters. The van der Waals surface area contributed by atoms with E-state index >= 15 is 0 Å². The van der Waals surface area contributed by atoms with E-state index in [9.17, 15) is 9.18 Å². The van der Waals surface area contributed by atoms with Crippen molar-refractivity contribution in [3.8, 4) is 17.1 Å². The lowest BCUT2D eigenvalue weighted by Gasteiger charge is -2.26. The van der Waals surface area contributed by atoms with E-state index in [0.29, 0.717) is 40.0 Å². The van der Waals surface area contributed by atoms with E-state index < -0.39 is 0 Å². The summed E-state index contributed by atoms with van der Waals surface area (Å²) in [5.41, 5.74) is 3.05. The summed E-state index contributed by atoms with van der Waals surface area (Å²) in [6, 6.07) is 9.79. The Bertz CT molecular complexity index is 1440. The van der Waals surface area contributed by atoms with Crippen LogP contribution >= 0.6 is 0 Å². The molecule has 4 rings (SSSR count). The fourth-order valence-corrected chi connectivity index (χ4v) is 3.73. The highest BCUT2D eigenvalue weighted by Gasteiger charge is 2.17. The molecule has 2 N–H and O–H groups in total. The summed E-state index contributed by atoms with van der Waals surface area (Å²) in [5.74, 6) is 0.805. The molecule has 2 aromatic carbocycles. The molecule has 0 radical (unpaired) electrons. The molecule has 10 nitrogen and oxygen atoms in total. The first kappa shape index (κ1) is 25.6. The highest BCUT2D eigenvalue weighted by Crippen LogP contribution is 2.38. The van der Waals surface area contributed by atoms with Crippen molar-refractivity contribution in [1.29, 1.82) is 0 Å². The second kappa shape index (κ2) is 11.0. The van der Waals surface area contributed by atoms with Crippen molar-refractivity contribution in [3.05, 3.63) is 67.3 Å². The summed E-state index contributed by atoms with van der Waals surface area (Å²) < 4.78 is 21.2. The number of nitrogens with zero attached hydrogens (tertiary/aromatic N) is 6. The summed E-state index contributed by atoms with van der Waals surface area (Å²) >= 11 is 0. The number of halogens is 1. The van der Waals surface area contributed by atoms with Gasteiger partial charge in [0.05, 0.1) is 36.6 Å². The molecule has 0 spiro atoms. The number of nitrogens with one attached hydrogen (secondary N) is 2. The van der Waals surface area contributed by atoms with Crippen LogP contribution in [-0.4, -0.2) is 71.7 Å². The van der Waals surface area contributed by atoms with Crippen molar-refractivity contribution < 1.29 is 13.9 Å². The number of benzene rings is 2. The first-order valence-corrected chi connectivity index (χ1v) is 11.5. The van der Waals surface area contributed by atoms with Crippen molar-refractivity contribution >= 4 is 34.4 Å². The topological polar surface area (TPSA) is 99.9 Å². The van der Waals surface area contributed by atoms with Gasteiger partial charge in [-0.2, -0.15) is 0 Å². The quantitative estimate of drug-likeness (QED) is 0.315. The number of likely N-dealkylation sites (N-methyl/N-ethyl adjacent to an activating group) is 2. The van der Waals surface area contributed by atoms with Gasteiger partial charge in [0, 0.05) is 31.8 Å². The van der Waals surface area contributed by atoms with E-state index in [1.807, 2.05) is 32.1 Å². The van der Waals surface area contributed by atoms with Gasteiger partial charge in [-0.15, -0.1) is 10.2 Å². The van der Waals surface area contributed by atoms with Crippen LogP contribution in [-0.2, 0) is 4.79 Å². The van der Waals surface area contributed by atoms with Gasteiger partial charge in [0.25, 0.3) is 0 Å². The Hall–Kier alpha value is -4.51. The molecule has 0 saturated carbocycles. The zero-order chi connectivity index (χ0) is 26.5. The number of fused-ring (bicyclic) bond motifs is 1. The van der Waals surface area contributed by atoms with Crippen molar-refractivity contribution in [2.45, 2.75) is 0 Å². The molecule has 0 atom stereocenters. The lowest BCUT2D eigenvalue weighted by atomic mass is 10.2. The minimum atomic E-state index is -0.365. The first-order chi connectivity index (χ1) is 17.8. The molecule has 2 aromatic heterocycles. The number of aromatic nitrogens is 4. The molecule has 0 aliphatic carbocycles. The van der Waals surface area contributed by atoms with Crippen LogP contribution < -0.4 is 20.3 Å². The Morgan fingerprint density at radius 3 is 2.68 bits per heavy atom. The van der Waals surface area contributed by atoms with E-state index in [1.54, 1.807) is 42.1 Å². The molecular weight excluding hydrogens is 475 g/mol. The zero-order valence-corrected chi connectivity index (χ0v) is 21.2. The first-order valence-electron chi connectivity index (χ1n) is 11.5.